The molecule has 22 heavy (non-hydrogen) atoms. The van der Waals surface area contributed by atoms with Gasteiger partial charge in [-0.05, 0) is 38.0 Å². The fraction of sp³-hybridized carbons (Fsp3) is 0.467. The molecule has 120 valence electrons. The molecular weight excluding hydrogens is 306 g/mol. The smallest absolute Gasteiger partial charge is 0.326 e. The Morgan fingerprint density at radius 2 is 2.00 bits per heavy atom. The van der Waals surface area contributed by atoms with Gasteiger partial charge in [-0.3, -0.25) is 4.79 Å². The minimum Gasteiger partial charge on any atom is -0.480 e. The van der Waals surface area contributed by atoms with E-state index < -0.39 is 27.8 Å². The quantitative estimate of drug-likeness (QED) is 0.857. The fourth-order valence-electron chi connectivity index (χ4n) is 2.27. The Bertz CT molecular complexity index is 694. The number of rotatable bonds is 6. The second-order valence-electron chi connectivity index (χ2n) is 5.39. The summed E-state index contributed by atoms with van der Waals surface area (Å²) in [6, 6.07) is 4.77. The lowest BCUT2D eigenvalue weighted by atomic mass is 10.1. The van der Waals surface area contributed by atoms with Crippen LogP contribution in [0.3, 0.4) is 0 Å². The van der Waals surface area contributed by atoms with Crippen molar-refractivity contribution in [3.8, 4) is 0 Å². The van der Waals surface area contributed by atoms with Crippen molar-refractivity contribution < 1.29 is 23.1 Å². The predicted molar refractivity (Wildman–Crippen MR) is 80.5 cm³/mol. The number of carboxylic acids is 1. The van der Waals surface area contributed by atoms with Crippen LogP contribution >= 0.6 is 0 Å². The van der Waals surface area contributed by atoms with Crippen molar-refractivity contribution in [1.82, 2.24) is 4.90 Å². The minimum atomic E-state index is -3.41. The van der Waals surface area contributed by atoms with Gasteiger partial charge in [-0.1, -0.05) is 13.0 Å². The Morgan fingerprint density at radius 3 is 2.50 bits per heavy atom. The topological polar surface area (TPSA) is 91.8 Å². The average molecular weight is 325 g/mol. The van der Waals surface area contributed by atoms with Crippen LogP contribution in [0.4, 0.5) is 0 Å². The normalized spacial score (nSPS) is 16.1. The van der Waals surface area contributed by atoms with Gasteiger partial charge < -0.3 is 10.0 Å². The predicted octanol–water partition coefficient (Wildman–Crippen LogP) is 1.56. The van der Waals surface area contributed by atoms with Crippen LogP contribution in [0.5, 0.6) is 0 Å². The van der Waals surface area contributed by atoms with Gasteiger partial charge in [-0.2, -0.15) is 0 Å². The van der Waals surface area contributed by atoms with E-state index in [0.717, 1.165) is 12.8 Å². The first-order chi connectivity index (χ1) is 10.3. The minimum absolute atomic E-state index is 0.0531. The molecule has 0 heterocycles. The van der Waals surface area contributed by atoms with Crippen LogP contribution in [0.15, 0.2) is 29.2 Å². The van der Waals surface area contributed by atoms with Crippen molar-refractivity contribution in [1.29, 1.82) is 0 Å². The van der Waals surface area contributed by atoms with Gasteiger partial charge in [0.1, 0.15) is 6.04 Å². The van der Waals surface area contributed by atoms with Gasteiger partial charge in [0, 0.05) is 11.6 Å². The number of hydrogen-bond donors (Lipinski definition) is 1. The molecule has 7 heteroatoms. The zero-order chi connectivity index (χ0) is 16.5. The van der Waals surface area contributed by atoms with Crippen LogP contribution in [0.25, 0.3) is 0 Å². The molecule has 0 saturated heterocycles. The molecule has 0 radical (unpaired) electrons. The molecule has 1 N–H and O–H groups in total. The van der Waals surface area contributed by atoms with Crippen molar-refractivity contribution >= 4 is 21.7 Å². The largest absolute Gasteiger partial charge is 0.480 e. The SMILES string of the molecule is CCS(=O)(=O)c1cccc(C(=O)N(C2CC2)C(C)C(=O)O)c1. The molecule has 1 aromatic carbocycles. The van der Waals surface area contributed by atoms with Crippen molar-refractivity contribution in [3.05, 3.63) is 29.8 Å². The number of sulfone groups is 1. The molecule has 1 atom stereocenters. The van der Waals surface area contributed by atoms with E-state index in [1.807, 2.05) is 0 Å². The van der Waals surface area contributed by atoms with Gasteiger partial charge in [0.05, 0.1) is 10.6 Å². The summed E-state index contributed by atoms with van der Waals surface area (Å²) in [6.45, 7) is 3.00. The monoisotopic (exact) mass is 325 g/mol. The van der Waals surface area contributed by atoms with Crippen LogP contribution in [0.1, 0.15) is 37.0 Å². The van der Waals surface area contributed by atoms with Gasteiger partial charge in [-0.25, -0.2) is 13.2 Å². The van der Waals surface area contributed by atoms with E-state index in [2.05, 4.69) is 0 Å². The lowest BCUT2D eigenvalue weighted by Crippen LogP contribution is -2.44. The summed E-state index contributed by atoms with van der Waals surface area (Å²) in [5, 5.41) is 9.16. The number of hydrogen-bond acceptors (Lipinski definition) is 4. The van der Waals surface area contributed by atoms with E-state index in [-0.39, 0.29) is 22.3 Å². The highest BCUT2D eigenvalue weighted by Crippen LogP contribution is 2.30. The van der Waals surface area contributed by atoms with Crippen molar-refractivity contribution in [2.75, 3.05) is 5.75 Å². The van der Waals surface area contributed by atoms with E-state index in [1.54, 1.807) is 0 Å². The Kier molecular flexibility index (Phi) is 4.55. The highest BCUT2D eigenvalue weighted by atomic mass is 32.2. The van der Waals surface area contributed by atoms with Crippen LogP contribution in [0, 0.1) is 0 Å². The third kappa shape index (κ3) is 3.30. The van der Waals surface area contributed by atoms with E-state index in [0.29, 0.717) is 0 Å². The highest BCUT2D eigenvalue weighted by molar-refractivity contribution is 7.91. The van der Waals surface area contributed by atoms with Gasteiger partial charge >= 0.3 is 5.97 Å². The van der Waals surface area contributed by atoms with Crippen molar-refractivity contribution in [2.24, 2.45) is 0 Å². The van der Waals surface area contributed by atoms with Gasteiger partial charge in [0.2, 0.25) is 0 Å². The molecule has 0 aromatic heterocycles. The summed E-state index contributed by atoms with van der Waals surface area (Å²) in [4.78, 5) is 25.2. The molecule has 1 aromatic rings. The Balaban J connectivity index is 2.36. The molecule has 1 fully saturated rings. The molecular formula is C15H19NO5S. The summed E-state index contributed by atoms with van der Waals surface area (Å²) in [5.74, 6) is -1.56. The number of aliphatic carboxylic acids is 1. The molecule has 0 bridgehead atoms. The second kappa shape index (κ2) is 6.08. The number of nitrogens with zero attached hydrogens (tertiary/aromatic N) is 1. The zero-order valence-corrected chi connectivity index (χ0v) is 13.3. The number of carboxylic acid groups (broad SMARTS) is 1. The van der Waals surface area contributed by atoms with E-state index in [4.69, 9.17) is 5.11 Å². The first-order valence-corrected chi connectivity index (χ1v) is 8.81. The summed E-state index contributed by atoms with van der Waals surface area (Å²) >= 11 is 0. The van der Waals surface area contributed by atoms with Crippen molar-refractivity contribution in [2.45, 2.75) is 43.7 Å². The van der Waals surface area contributed by atoms with Gasteiger partial charge in [-0.15, -0.1) is 0 Å². The summed E-state index contributed by atoms with van der Waals surface area (Å²) in [6.07, 6.45) is 1.55. The average Bonchev–Trinajstić information content (AvgIpc) is 3.32. The molecule has 2 rings (SSSR count). The standard InChI is InChI=1S/C15H19NO5S/c1-3-22(20,21)13-6-4-5-11(9-13)14(17)16(12-7-8-12)10(2)15(18)19/h4-6,9-10,12H,3,7-8H2,1-2H3,(H,18,19). The van der Waals surface area contributed by atoms with E-state index >= 15 is 0 Å². The highest BCUT2D eigenvalue weighted by Gasteiger charge is 2.38. The zero-order valence-electron chi connectivity index (χ0n) is 12.5. The van der Waals surface area contributed by atoms with Crippen LogP contribution in [-0.2, 0) is 14.6 Å². The van der Waals surface area contributed by atoms with Crippen LogP contribution < -0.4 is 0 Å². The third-order valence-electron chi connectivity index (χ3n) is 3.77. The van der Waals surface area contributed by atoms with Crippen LogP contribution in [-0.4, -0.2) is 48.1 Å². The maximum absolute atomic E-state index is 12.6. The Hall–Kier alpha value is -1.89. The molecule has 1 unspecified atom stereocenters. The van der Waals surface area contributed by atoms with Crippen molar-refractivity contribution in [3.63, 3.8) is 0 Å². The number of benzene rings is 1. The maximum atomic E-state index is 12.6. The molecule has 1 aliphatic carbocycles. The number of carbonyl (C=O) groups excluding carboxylic acids is 1. The fourth-order valence-corrected chi connectivity index (χ4v) is 3.19. The Labute approximate surface area is 129 Å². The Morgan fingerprint density at radius 1 is 1.36 bits per heavy atom. The maximum Gasteiger partial charge on any atom is 0.326 e. The first-order valence-electron chi connectivity index (χ1n) is 7.16. The molecule has 0 aliphatic heterocycles. The third-order valence-corrected chi connectivity index (χ3v) is 5.50. The molecule has 1 amide bonds. The summed E-state index contributed by atoms with van der Waals surface area (Å²) < 4.78 is 23.8. The van der Waals surface area contributed by atoms with Gasteiger partial charge in [0.25, 0.3) is 5.91 Å². The lowest BCUT2D eigenvalue weighted by Gasteiger charge is -2.26. The van der Waals surface area contributed by atoms with Crippen LogP contribution in [0.2, 0.25) is 0 Å². The van der Waals surface area contributed by atoms with Gasteiger partial charge in [0.15, 0.2) is 9.84 Å². The summed E-state index contributed by atoms with van der Waals surface area (Å²) in [5.41, 5.74) is 0.203. The summed E-state index contributed by atoms with van der Waals surface area (Å²) in [7, 11) is -3.41. The first kappa shape index (κ1) is 16.5. The van der Waals surface area contributed by atoms with E-state index in [9.17, 15) is 18.0 Å². The molecule has 6 nitrogen and oxygen atoms in total. The second-order valence-corrected chi connectivity index (χ2v) is 7.67. The number of amides is 1. The van der Waals surface area contributed by atoms with E-state index in [1.165, 1.54) is 43.0 Å². The lowest BCUT2D eigenvalue weighted by molar-refractivity contribution is -0.141. The molecule has 1 aliphatic rings. The number of carbonyl (C=O) groups is 2. The molecule has 1 saturated carbocycles. The molecule has 0 spiro atoms.